The number of ether oxygens (including phenoxy) is 3. The Labute approximate surface area is 393 Å². The van der Waals surface area contributed by atoms with E-state index in [0.29, 0.717) is 19.3 Å². The quantitative estimate of drug-likeness (QED) is 0.0344. The molecular weight excluding hydrogens is 781 g/mol. The maximum absolute atomic E-state index is 12.8. The van der Waals surface area contributed by atoms with Crippen LogP contribution < -0.4 is 0 Å². The summed E-state index contributed by atoms with van der Waals surface area (Å²) < 4.78 is 16.8. The van der Waals surface area contributed by atoms with Crippen LogP contribution in [0, 0.1) is 11.8 Å². The summed E-state index contributed by atoms with van der Waals surface area (Å²) in [6, 6.07) is 0. The zero-order valence-corrected chi connectivity index (χ0v) is 43.2. The van der Waals surface area contributed by atoms with Gasteiger partial charge in [-0.25, -0.2) is 0 Å². The van der Waals surface area contributed by atoms with Gasteiger partial charge >= 0.3 is 17.9 Å². The monoisotopic (exact) mass is 891 g/mol. The van der Waals surface area contributed by atoms with E-state index in [1.165, 1.54) is 205 Å². The Bertz CT molecular complexity index is 964. The van der Waals surface area contributed by atoms with Gasteiger partial charge in [-0.2, -0.15) is 0 Å². The first-order chi connectivity index (χ1) is 30.8. The van der Waals surface area contributed by atoms with Crippen molar-refractivity contribution in [2.45, 2.75) is 323 Å². The molecule has 6 nitrogen and oxygen atoms in total. The molecule has 0 bridgehead atoms. The van der Waals surface area contributed by atoms with Crippen molar-refractivity contribution in [3.8, 4) is 0 Å². The summed E-state index contributed by atoms with van der Waals surface area (Å²) in [4.78, 5) is 38.0. The molecule has 2 atom stereocenters. The summed E-state index contributed by atoms with van der Waals surface area (Å²) in [5, 5.41) is 0. The first-order valence-electron chi connectivity index (χ1n) is 28.3. The van der Waals surface area contributed by atoms with Crippen LogP contribution in [0.3, 0.4) is 0 Å². The molecule has 0 N–H and O–H groups in total. The van der Waals surface area contributed by atoms with Crippen LogP contribution in [0.4, 0.5) is 0 Å². The zero-order valence-electron chi connectivity index (χ0n) is 43.2. The molecule has 0 radical (unpaired) electrons. The fourth-order valence-electron chi connectivity index (χ4n) is 8.66. The molecule has 0 aliphatic rings. The van der Waals surface area contributed by atoms with Crippen molar-refractivity contribution < 1.29 is 28.6 Å². The molecule has 1 unspecified atom stereocenters. The second-order valence-corrected chi connectivity index (χ2v) is 20.3. The van der Waals surface area contributed by atoms with Gasteiger partial charge in [0.15, 0.2) is 6.10 Å². The Morgan fingerprint density at radius 2 is 0.603 bits per heavy atom. The number of hydrogen-bond donors (Lipinski definition) is 0. The van der Waals surface area contributed by atoms with Crippen LogP contribution in [0.1, 0.15) is 317 Å². The van der Waals surface area contributed by atoms with E-state index in [2.05, 4.69) is 34.6 Å². The van der Waals surface area contributed by atoms with Crippen LogP contribution in [0.5, 0.6) is 0 Å². The third-order valence-electron chi connectivity index (χ3n) is 13.3. The van der Waals surface area contributed by atoms with Gasteiger partial charge in [-0.1, -0.05) is 279 Å². The predicted octanol–water partition coefficient (Wildman–Crippen LogP) is 18.5. The lowest BCUT2D eigenvalue weighted by Gasteiger charge is -2.18. The molecule has 0 aromatic heterocycles. The molecule has 0 aliphatic heterocycles. The fraction of sp³-hybridized carbons (Fsp3) is 0.947. The average molecular weight is 892 g/mol. The van der Waals surface area contributed by atoms with E-state index in [1.807, 2.05) is 0 Å². The topological polar surface area (TPSA) is 78.9 Å². The second-order valence-electron chi connectivity index (χ2n) is 20.3. The highest BCUT2D eigenvalue weighted by molar-refractivity contribution is 5.71. The fourth-order valence-corrected chi connectivity index (χ4v) is 8.66. The first kappa shape index (κ1) is 61.4. The van der Waals surface area contributed by atoms with E-state index in [-0.39, 0.29) is 31.1 Å². The summed E-state index contributed by atoms with van der Waals surface area (Å²) in [7, 11) is 0. The first-order valence-corrected chi connectivity index (χ1v) is 28.3. The maximum atomic E-state index is 12.8. The Morgan fingerprint density at radius 3 is 0.905 bits per heavy atom. The van der Waals surface area contributed by atoms with Crippen molar-refractivity contribution in [3.05, 3.63) is 0 Å². The van der Waals surface area contributed by atoms with E-state index < -0.39 is 6.10 Å². The number of unbranched alkanes of at least 4 members (excludes halogenated alkanes) is 35. The molecule has 0 saturated heterocycles. The Balaban J connectivity index is 4.19. The zero-order chi connectivity index (χ0) is 46.1. The van der Waals surface area contributed by atoms with E-state index in [1.54, 1.807) is 0 Å². The molecule has 0 spiro atoms. The molecule has 0 aromatic rings. The molecule has 0 heterocycles. The SMILES string of the molecule is CCCCCCCCCCCCCCCCC(=O)OC[C@H](COC(=O)CCCCCCCCCCCCCCCCCCCCC(C)C)OC(=O)CCCCCCCCC(C)CC. The van der Waals surface area contributed by atoms with Gasteiger partial charge in [-0.3, -0.25) is 14.4 Å². The molecule has 0 amide bonds. The van der Waals surface area contributed by atoms with Gasteiger partial charge in [0.25, 0.3) is 0 Å². The second kappa shape index (κ2) is 49.8. The van der Waals surface area contributed by atoms with Crippen molar-refractivity contribution in [1.29, 1.82) is 0 Å². The van der Waals surface area contributed by atoms with Gasteiger partial charge in [-0.15, -0.1) is 0 Å². The summed E-state index contributed by atoms with van der Waals surface area (Å²) in [5.74, 6) is 0.823. The summed E-state index contributed by atoms with van der Waals surface area (Å²) in [6.45, 7) is 11.4. The highest BCUT2D eigenvalue weighted by atomic mass is 16.6. The van der Waals surface area contributed by atoms with Crippen molar-refractivity contribution in [1.82, 2.24) is 0 Å². The van der Waals surface area contributed by atoms with Gasteiger partial charge < -0.3 is 14.2 Å². The molecule has 0 rings (SSSR count). The van der Waals surface area contributed by atoms with Gasteiger partial charge in [0, 0.05) is 19.3 Å². The van der Waals surface area contributed by atoms with Gasteiger partial charge in [-0.05, 0) is 31.1 Å². The van der Waals surface area contributed by atoms with Crippen LogP contribution in [0.2, 0.25) is 0 Å². The van der Waals surface area contributed by atoms with Gasteiger partial charge in [0.05, 0.1) is 0 Å². The number of hydrogen-bond acceptors (Lipinski definition) is 6. The predicted molar refractivity (Wildman–Crippen MR) is 270 cm³/mol. The standard InChI is InChI=1S/C57H110O6/c1-6-8-9-10-11-12-13-14-22-25-28-31-37-42-47-55(58)61-50-54(63-57(60)49-44-39-34-33-36-41-46-53(5)7-2)51-62-56(59)48-43-38-32-29-26-23-20-18-16-15-17-19-21-24-27-30-35-40-45-52(3)4/h52-54H,6-51H2,1-5H3/t53?,54-/m1/s1. The average Bonchev–Trinajstić information content (AvgIpc) is 3.27. The Kier molecular flexibility index (Phi) is 48.6. The van der Waals surface area contributed by atoms with Crippen molar-refractivity contribution >= 4 is 17.9 Å². The molecule has 0 saturated carbocycles. The third kappa shape index (κ3) is 49.7. The van der Waals surface area contributed by atoms with Crippen LogP contribution in [-0.2, 0) is 28.6 Å². The van der Waals surface area contributed by atoms with E-state index >= 15 is 0 Å². The van der Waals surface area contributed by atoms with E-state index in [9.17, 15) is 14.4 Å². The minimum atomic E-state index is -0.763. The number of carbonyl (C=O) groups is 3. The van der Waals surface area contributed by atoms with Crippen LogP contribution in [0.15, 0.2) is 0 Å². The lowest BCUT2D eigenvalue weighted by Crippen LogP contribution is -2.30. The highest BCUT2D eigenvalue weighted by Gasteiger charge is 2.19. The van der Waals surface area contributed by atoms with Crippen molar-refractivity contribution in [3.63, 3.8) is 0 Å². The summed E-state index contributed by atoms with van der Waals surface area (Å²) >= 11 is 0. The highest BCUT2D eigenvalue weighted by Crippen LogP contribution is 2.18. The lowest BCUT2D eigenvalue weighted by molar-refractivity contribution is -0.167. The summed E-state index contributed by atoms with van der Waals surface area (Å²) in [5.41, 5.74) is 0. The Morgan fingerprint density at radius 1 is 0.333 bits per heavy atom. The lowest BCUT2D eigenvalue weighted by atomic mass is 10.00. The van der Waals surface area contributed by atoms with Crippen molar-refractivity contribution in [2.24, 2.45) is 11.8 Å². The Hall–Kier alpha value is -1.59. The third-order valence-corrected chi connectivity index (χ3v) is 13.3. The number of carbonyl (C=O) groups excluding carboxylic acids is 3. The number of rotatable bonds is 51. The van der Waals surface area contributed by atoms with Crippen LogP contribution in [0.25, 0.3) is 0 Å². The van der Waals surface area contributed by atoms with E-state index in [4.69, 9.17) is 14.2 Å². The van der Waals surface area contributed by atoms with Gasteiger partial charge in [0.1, 0.15) is 13.2 Å². The van der Waals surface area contributed by atoms with Crippen molar-refractivity contribution in [2.75, 3.05) is 13.2 Å². The molecule has 6 heteroatoms. The minimum Gasteiger partial charge on any atom is -0.462 e. The molecule has 0 aromatic carbocycles. The normalized spacial score (nSPS) is 12.5. The van der Waals surface area contributed by atoms with Crippen LogP contribution in [-0.4, -0.2) is 37.2 Å². The molecule has 0 fully saturated rings. The van der Waals surface area contributed by atoms with E-state index in [0.717, 1.165) is 69.6 Å². The van der Waals surface area contributed by atoms with Gasteiger partial charge in [0.2, 0.25) is 0 Å². The largest absolute Gasteiger partial charge is 0.462 e. The maximum Gasteiger partial charge on any atom is 0.306 e. The number of esters is 3. The molecule has 63 heavy (non-hydrogen) atoms. The smallest absolute Gasteiger partial charge is 0.306 e. The molecular formula is C57H110O6. The molecule has 0 aliphatic carbocycles. The van der Waals surface area contributed by atoms with Crippen LogP contribution >= 0.6 is 0 Å². The molecule has 374 valence electrons. The minimum absolute atomic E-state index is 0.0639. The summed E-state index contributed by atoms with van der Waals surface area (Å²) in [6.07, 6.45) is 52.4.